The van der Waals surface area contributed by atoms with Gasteiger partial charge >= 0.3 is 0 Å². The van der Waals surface area contributed by atoms with Gasteiger partial charge in [-0.1, -0.05) is 12.1 Å². The molecule has 4 nitrogen and oxygen atoms in total. The van der Waals surface area contributed by atoms with E-state index in [1.807, 2.05) is 13.2 Å². The van der Waals surface area contributed by atoms with Crippen LogP contribution in [0, 0.1) is 0 Å². The molecule has 1 aliphatic heterocycles. The first-order valence-electron chi connectivity index (χ1n) is 7.79. The van der Waals surface area contributed by atoms with E-state index in [4.69, 9.17) is 0 Å². The van der Waals surface area contributed by atoms with Crippen LogP contribution in [-0.4, -0.2) is 35.7 Å². The van der Waals surface area contributed by atoms with Crippen LogP contribution in [0.2, 0.25) is 0 Å². The van der Waals surface area contributed by atoms with Crippen LogP contribution in [0.1, 0.15) is 0 Å². The summed E-state index contributed by atoms with van der Waals surface area (Å²) in [6.45, 7) is 4.29. The number of anilines is 1. The Bertz CT molecular complexity index is 782. The number of hydrogen-bond acceptors (Lipinski definition) is 3. The highest BCUT2D eigenvalue weighted by Crippen LogP contribution is 2.29. The summed E-state index contributed by atoms with van der Waals surface area (Å²) in [6.07, 6.45) is 3.96. The first-order valence-corrected chi connectivity index (χ1v) is 7.79. The second-order valence-corrected chi connectivity index (χ2v) is 5.81. The highest BCUT2D eigenvalue weighted by Gasteiger charge is 2.11. The van der Waals surface area contributed by atoms with E-state index in [2.05, 4.69) is 62.4 Å². The van der Waals surface area contributed by atoms with Gasteiger partial charge in [0.05, 0.1) is 0 Å². The van der Waals surface area contributed by atoms with Gasteiger partial charge in [-0.3, -0.25) is 0 Å². The fourth-order valence-corrected chi connectivity index (χ4v) is 3.19. The number of pyridine rings is 1. The van der Waals surface area contributed by atoms with E-state index in [1.54, 1.807) is 0 Å². The first kappa shape index (κ1) is 13.3. The Labute approximate surface area is 130 Å². The number of aromatic nitrogens is 2. The molecule has 0 amide bonds. The molecule has 0 bridgehead atoms. The van der Waals surface area contributed by atoms with Gasteiger partial charge < -0.3 is 14.8 Å². The van der Waals surface area contributed by atoms with E-state index < -0.39 is 0 Å². The number of rotatable bonds is 2. The zero-order valence-corrected chi connectivity index (χ0v) is 12.8. The van der Waals surface area contributed by atoms with Crippen molar-refractivity contribution in [2.24, 2.45) is 7.05 Å². The van der Waals surface area contributed by atoms with Gasteiger partial charge in [0.25, 0.3) is 0 Å². The number of fused-ring (bicyclic) bond motifs is 1. The van der Waals surface area contributed by atoms with Crippen LogP contribution >= 0.6 is 0 Å². The fourth-order valence-electron chi connectivity index (χ4n) is 3.19. The van der Waals surface area contributed by atoms with E-state index in [-0.39, 0.29) is 0 Å². The maximum Gasteiger partial charge on any atom is 0.140 e. The van der Waals surface area contributed by atoms with Crippen molar-refractivity contribution in [1.82, 2.24) is 14.9 Å². The van der Waals surface area contributed by atoms with Crippen molar-refractivity contribution >= 4 is 16.7 Å². The summed E-state index contributed by atoms with van der Waals surface area (Å²) >= 11 is 0. The van der Waals surface area contributed by atoms with Crippen LogP contribution in [0.5, 0.6) is 0 Å². The zero-order chi connectivity index (χ0) is 14.9. The molecule has 0 radical (unpaired) electrons. The van der Waals surface area contributed by atoms with Gasteiger partial charge in [0.1, 0.15) is 5.65 Å². The van der Waals surface area contributed by atoms with Crippen molar-refractivity contribution in [3.05, 3.63) is 48.8 Å². The molecule has 3 aromatic rings. The quantitative estimate of drug-likeness (QED) is 0.788. The highest BCUT2D eigenvalue weighted by molar-refractivity contribution is 5.93. The Balaban J connectivity index is 1.70. The van der Waals surface area contributed by atoms with Gasteiger partial charge in [0, 0.05) is 56.7 Å². The van der Waals surface area contributed by atoms with E-state index in [9.17, 15) is 0 Å². The third-order valence-electron chi connectivity index (χ3n) is 4.43. The average Bonchev–Trinajstić information content (AvgIpc) is 2.97. The number of benzene rings is 1. The standard InChI is InChI=1S/C18H20N4/c1-21-11-7-17-16(6-8-20-18(17)21)14-2-4-15(5-3-14)22-12-9-19-10-13-22/h2-8,11,19H,9-10,12-13H2,1H3. The molecule has 4 heteroatoms. The van der Waals surface area contributed by atoms with Crippen molar-refractivity contribution in [2.45, 2.75) is 0 Å². The minimum absolute atomic E-state index is 1.03. The Morgan fingerprint density at radius 1 is 1.00 bits per heavy atom. The topological polar surface area (TPSA) is 33.1 Å². The number of aryl methyl sites for hydroxylation is 1. The summed E-state index contributed by atoms with van der Waals surface area (Å²) in [5, 5.41) is 4.60. The second-order valence-electron chi connectivity index (χ2n) is 5.81. The Hall–Kier alpha value is -2.33. The summed E-state index contributed by atoms with van der Waals surface area (Å²) in [7, 11) is 2.03. The maximum absolute atomic E-state index is 4.47. The summed E-state index contributed by atoms with van der Waals surface area (Å²) in [6, 6.07) is 13.1. The molecule has 112 valence electrons. The number of hydrogen-bond donors (Lipinski definition) is 1. The predicted molar refractivity (Wildman–Crippen MR) is 91.2 cm³/mol. The van der Waals surface area contributed by atoms with Crippen molar-refractivity contribution in [3.63, 3.8) is 0 Å². The molecule has 22 heavy (non-hydrogen) atoms. The molecule has 1 aromatic carbocycles. The van der Waals surface area contributed by atoms with E-state index in [0.29, 0.717) is 0 Å². The van der Waals surface area contributed by atoms with Crippen LogP contribution in [0.4, 0.5) is 5.69 Å². The molecule has 0 unspecified atom stereocenters. The molecule has 0 spiro atoms. The number of piperazine rings is 1. The molecule has 1 aliphatic rings. The van der Waals surface area contributed by atoms with Crippen molar-refractivity contribution < 1.29 is 0 Å². The normalized spacial score (nSPS) is 15.4. The van der Waals surface area contributed by atoms with Crippen molar-refractivity contribution in [3.8, 4) is 11.1 Å². The Morgan fingerprint density at radius 2 is 1.77 bits per heavy atom. The third-order valence-corrected chi connectivity index (χ3v) is 4.43. The lowest BCUT2D eigenvalue weighted by Gasteiger charge is -2.29. The van der Waals surface area contributed by atoms with Crippen molar-refractivity contribution in [2.75, 3.05) is 31.1 Å². The lowest BCUT2D eigenvalue weighted by molar-refractivity contribution is 0.589. The molecule has 1 saturated heterocycles. The van der Waals surface area contributed by atoms with Crippen LogP contribution < -0.4 is 10.2 Å². The molecule has 0 aliphatic carbocycles. The number of nitrogens with zero attached hydrogens (tertiary/aromatic N) is 3. The molecule has 0 saturated carbocycles. The Kier molecular flexibility index (Phi) is 3.31. The minimum atomic E-state index is 1.03. The zero-order valence-electron chi connectivity index (χ0n) is 12.8. The van der Waals surface area contributed by atoms with Gasteiger partial charge in [0.2, 0.25) is 0 Å². The maximum atomic E-state index is 4.47. The van der Waals surface area contributed by atoms with Crippen LogP contribution in [0.3, 0.4) is 0 Å². The van der Waals surface area contributed by atoms with Gasteiger partial charge in [-0.05, 0) is 35.4 Å². The Morgan fingerprint density at radius 3 is 2.55 bits per heavy atom. The molecule has 2 aromatic heterocycles. The fraction of sp³-hybridized carbons (Fsp3) is 0.278. The minimum Gasteiger partial charge on any atom is -0.369 e. The van der Waals surface area contributed by atoms with Gasteiger partial charge in [-0.2, -0.15) is 0 Å². The second kappa shape index (κ2) is 5.46. The van der Waals surface area contributed by atoms with E-state index in [1.165, 1.54) is 22.2 Å². The summed E-state index contributed by atoms with van der Waals surface area (Å²) in [5.41, 5.74) is 4.84. The van der Waals surface area contributed by atoms with E-state index >= 15 is 0 Å². The summed E-state index contributed by atoms with van der Waals surface area (Å²) in [5.74, 6) is 0. The summed E-state index contributed by atoms with van der Waals surface area (Å²) < 4.78 is 2.06. The lowest BCUT2D eigenvalue weighted by Crippen LogP contribution is -2.43. The predicted octanol–water partition coefficient (Wildman–Crippen LogP) is 2.65. The smallest absolute Gasteiger partial charge is 0.140 e. The van der Waals surface area contributed by atoms with Gasteiger partial charge in [-0.25, -0.2) is 4.98 Å². The molecule has 0 atom stereocenters. The largest absolute Gasteiger partial charge is 0.369 e. The summed E-state index contributed by atoms with van der Waals surface area (Å²) in [4.78, 5) is 6.90. The molecule has 4 rings (SSSR count). The monoisotopic (exact) mass is 292 g/mol. The third kappa shape index (κ3) is 2.25. The van der Waals surface area contributed by atoms with Gasteiger partial charge in [0.15, 0.2) is 0 Å². The highest BCUT2D eigenvalue weighted by atomic mass is 15.2. The number of nitrogens with one attached hydrogen (secondary N) is 1. The van der Waals surface area contributed by atoms with Gasteiger partial charge in [-0.15, -0.1) is 0 Å². The molecular formula is C18H20N4. The first-order chi connectivity index (χ1) is 10.8. The molecule has 1 N–H and O–H groups in total. The SMILES string of the molecule is Cn1ccc2c(-c3ccc(N4CCNCC4)cc3)ccnc21. The van der Waals surface area contributed by atoms with E-state index in [0.717, 1.165) is 31.8 Å². The average molecular weight is 292 g/mol. The van der Waals surface area contributed by atoms with Crippen LogP contribution in [-0.2, 0) is 7.05 Å². The lowest BCUT2D eigenvalue weighted by atomic mass is 10.0. The molecule has 1 fully saturated rings. The van der Waals surface area contributed by atoms with Crippen LogP contribution in [0.15, 0.2) is 48.8 Å². The molecular weight excluding hydrogens is 272 g/mol. The van der Waals surface area contributed by atoms with Crippen molar-refractivity contribution in [1.29, 1.82) is 0 Å². The molecule has 3 heterocycles. The van der Waals surface area contributed by atoms with Crippen LogP contribution in [0.25, 0.3) is 22.2 Å².